The van der Waals surface area contributed by atoms with Gasteiger partial charge in [-0.3, -0.25) is 4.79 Å². The van der Waals surface area contributed by atoms with Crippen LogP contribution in [0.5, 0.6) is 0 Å². The van der Waals surface area contributed by atoms with E-state index in [0.717, 1.165) is 19.6 Å². The van der Waals surface area contributed by atoms with Gasteiger partial charge in [0, 0.05) is 44.6 Å². The minimum Gasteiger partial charge on any atom is -0.345 e. The standard InChI is InChI=1S/C13H23N5O/c1-10(2)17-5-4-15-12(13(17)19)18-7-6-16(3)9-11(18)8-14/h4-5,10-11H,6-9,14H2,1-3H3. The second-order valence-electron chi connectivity index (χ2n) is 5.40. The number of anilines is 1. The molecule has 1 unspecified atom stereocenters. The van der Waals surface area contributed by atoms with Crippen LogP contribution >= 0.6 is 0 Å². The number of hydrogen-bond acceptors (Lipinski definition) is 5. The first kappa shape index (κ1) is 14.0. The van der Waals surface area contributed by atoms with E-state index in [1.165, 1.54) is 0 Å². The van der Waals surface area contributed by atoms with Crippen LogP contribution in [-0.2, 0) is 0 Å². The van der Waals surface area contributed by atoms with E-state index in [1.54, 1.807) is 17.0 Å². The van der Waals surface area contributed by atoms with E-state index >= 15 is 0 Å². The summed E-state index contributed by atoms with van der Waals surface area (Å²) in [7, 11) is 2.07. The van der Waals surface area contributed by atoms with Gasteiger partial charge >= 0.3 is 0 Å². The van der Waals surface area contributed by atoms with Crippen molar-refractivity contribution in [2.45, 2.75) is 25.9 Å². The third-order valence-corrected chi connectivity index (χ3v) is 3.64. The molecule has 6 heteroatoms. The molecule has 1 aliphatic rings. The fourth-order valence-corrected chi connectivity index (χ4v) is 2.51. The molecule has 2 N–H and O–H groups in total. The second-order valence-corrected chi connectivity index (χ2v) is 5.40. The zero-order valence-electron chi connectivity index (χ0n) is 11.9. The molecule has 1 atom stereocenters. The Morgan fingerprint density at radius 2 is 2.21 bits per heavy atom. The Hall–Kier alpha value is -1.40. The summed E-state index contributed by atoms with van der Waals surface area (Å²) in [4.78, 5) is 21.0. The molecule has 106 valence electrons. The molecule has 2 rings (SSSR count). The Bertz CT molecular complexity index is 484. The second kappa shape index (κ2) is 5.71. The molecule has 0 aliphatic carbocycles. The van der Waals surface area contributed by atoms with Crippen molar-refractivity contribution < 1.29 is 0 Å². The highest BCUT2D eigenvalue weighted by Crippen LogP contribution is 2.14. The Morgan fingerprint density at radius 1 is 1.47 bits per heavy atom. The molecule has 0 spiro atoms. The van der Waals surface area contributed by atoms with E-state index in [4.69, 9.17) is 5.73 Å². The first-order valence-electron chi connectivity index (χ1n) is 6.77. The molecule has 1 aromatic heterocycles. The van der Waals surface area contributed by atoms with Crippen LogP contribution in [0.3, 0.4) is 0 Å². The Morgan fingerprint density at radius 3 is 2.84 bits per heavy atom. The fraction of sp³-hybridized carbons (Fsp3) is 0.692. The van der Waals surface area contributed by atoms with Gasteiger partial charge in [0.05, 0.1) is 6.04 Å². The largest absolute Gasteiger partial charge is 0.345 e. The van der Waals surface area contributed by atoms with E-state index in [1.807, 2.05) is 13.8 Å². The third-order valence-electron chi connectivity index (χ3n) is 3.64. The number of rotatable bonds is 3. The predicted octanol–water partition coefficient (Wildman–Crippen LogP) is -0.0967. The molecule has 0 radical (unpaired) electrons. The lowest BCUT2D eigenvalue weighted by Crippen LogP contribution is -2.56. The minimum atomic E-state index is -0.0273. The van der Waals surface area contributed by atoms with E-state index in [-0.39, 0.29) is 17.6 Å². The van der Waals surface area contributed by atoms with Gasteiger partial charge in [-0.1, -0.05) is 0 Å². The SMILES string of the molecule is CC(C)n1ccnc(N2CCN(C)CC2CN)c1=O. The molecule has 0 aromatic carbocycles. The summed E-state index contributed by atoms with van der Waals surface area (Å²) in [5.74, 6) is 0.528. The summed E-state index contributed by atoms with van der Waals surface area (Å²) in [5.41, 5.74) is 5.81. The van der Waals surface area contributed by atoms with Crippen molar-refractivity contribution in [2.24, 2.45) is 5.73 Å². The van der Waals surface area contributed by atoms with Gasteiger partial charge in [0.25, 0.3) is 5.56 Å². The lowest BCUT2D eigenvalue weighted by Gasteiger charge is -2.39. The molecule has 0 saturated carbocycles. The van der Waals surface area contributed by atoms with Gasteiger partial charge in [-0.15, -0.1) is 0 Å². The van der Waals surface area contributed by atoms with Crippen molar-refractivity contribution in [2.75, 3.05) is 38.1 Å². The van der Waals surface area contributed by atoms with E-state index in [0.29, 0.717) is 12.4 Å². The highest BCUT2D eigenvalue weighted by atomic mass is 16.1. The average molecular weight is 265 g/mol. The number of piperazine rings is 1. The van der Waals surface area contributed by atoms with Crippen molar-refractivity contribution in [1.82, 2.24) is 14.5 Å². The zero-order chi connectivity index (χ0) is 14.0. The molecule has 0 amide bonds. The summed E-state index contributed by atoms with van der Waals surface area (Å²) in [6.45, 7) is 7.11. The van der Waals surface area contributed by atoms with Crippen LogP contribution in [0.4, 0.5) is 5.82 Å². The molecule has 1 aliphatic heterocycles. The van der Waals surface area contributed by atoms with Crippen molar-refractivity contribution in [3.63, 3.8) is 0 Å². The first-order chi connectivity index (χ1) is 9.04. The van der Waals surface area contributed by atoms with Crippen LogP contribution in [0.1, 0.15) is 19.9 Å². The van der Waals surface area contributed by atoms with Gasteiger partial charge in [0.15, 0.2) is 5.82 Å². The highest BCUT2D eigenvalue weighted by molar-refractivity contribution is 5.38. The van der Waals surface area contributed by atoms with Crippen LogP contribution in [0.2, 0.25) is 0 Å². The minimum absolute atomic E-state index is 0.0273. The zero-order valence-corrected chi connectivity index (χ0v) is 11.9. The molecule has 6 nitrogen and oxygen atoms in total. The van der Waals surface area contributed by atoms with Crippen LogP contribution in [-0.4, -0.2) is 53.7 Å². The van der Waals surface area contributed by atoms with Crippen molar-refractivity contribution in [3.05, 3.63) is 22.7 Å². The lowest BCUT2D eigenvalue weighted by atomic mass is 10.1. The van der Waals surface area contributed by atoms with Crippen LogP contribution < -0.4 is 16.2 Å². The van der Waals surface area contributed by atoms with E-state index in [9.17, 15) is 4.79 Å². The summed E-state index contributed by atoms with van der Waals surface area (Å²) in [6.07, 6.45) is 3.44. The Labute approximate surface area is 113 Å². The topological polar surface area (TPSA) is 67.4 Å². The lowest BCUT2D eigenvalue weighted by molar-refractivity contribution is 0.268. The van der Waals surface area contributed by atoms with Crippen LogP contribution in [0.15, 0.2) is 17.2 Å². The van der Waals surface area contributed by atoms with Gasteiger partial charge in [0.2, 0.25) is 0 Å². The normalized spacial score (nSPS) is 21.1. The smallest absolute Gasteiger partial charge is 0.293 e. The molecular formula is C13H23N5O. The Kier molecular flexibility index (Phi) is 4.21. The van der Waals surface area contributed by atoms with Gasteiger partial charge in [-0.05, 0) is 20.9 Å². The quantitative estimate of drug-likeness (QED) is 0.827. The number of likely N-dealkylation sites (N-methyl/N-ethyl adjacent to an activating group) is 1. The maximum absolute atomic E-state index is 12.5. The number of nitrogens with two attached hydrogens (primary N) is 1. The molecule has 0 bridgehead atoms. The first-order valence-corrected chi connectivity index (χ1v) is 6.77. The van der Waals surface area contributed by atoms with Gasteiger partial charge in [0.1, 0.15) is 0 Å². The monoisotopic (exact) mass is 265 g/mol. The Balaban J connectivity index is 2.36. The van der Waals surface area contributed by atoms with Crippen molar-refractivity contribution in [3.8, 4) is 0 Å². The molecule has 1 fully saturated rings. The summed E-state index contributed by atoms with van der Waals surface area (Å²) in [6, 6.07) is 0.292. The molecular weight excluding hydrogens is 242 g/mol. The number of hydrogen-bond donors (Lipinski definition) is 1. The van der Waals surface area contributed by atoms with Gasteiger partial charge in [-0.25, -0.2) is 4.98 Å². The van der Waals surface area contributed by atoms with Gasteiger partial charge in [-0.2, -0.15) is 0 Å². The predicted molar refractivity (Wildman–Crippen MR) is 76.6 cm³/mol. The van der Waals surface area contributed by atoms with E-state index < -0.39 is 0 Å². The highest BCUT2D eigenvalue weighted by Gasteiger charge is 2.27. The number of aromatic nitrogens is 2. The summed E-state index contributed by atoms with van der Waals surface area (Å²) < 4.78 is 1.72. The molecule has 1 saturated heterocycles. The molecule has 1 aromatic rings. The third kappa shape index (κ3) is 2.79. The maximum Gasteiger partial charge on any atom is 0.293 e. The van der Waals surface area contributed by atoms with E-state index in [2.05, 4.69) is 21.8 Å². The van der Waals surface area contributed by atoms with Crippen molar-refractivity contribution in [1.29, 1.82) is 0 Å². The molecule has 19 heavy (non-hydrogen) atoms. The summed E-state index contributed by atoms with van der Waals surface area (Å²) in [5, 5.41) is 0. The maximum atomic E-state index is 12.5. The average Bonchev–Trinajstić information content (AvgIpc) is 2.39. The van der Waals surface area contributed by atoms with Crippen LogP contribution in [0.25, 0.3) is 0 Å². The van der Waals surface area contributed by atoms with Crippen LogP contribution in [0, 0.1) is 0 Å². The molecule has 2 heterocycles. The fourth-order valence-electron chi connectivity index (χ4n) is 2.51. The number of nitrogens with zero attached hydrogens (tertiary/aromatic N) is 4. The van der Waals surface area contributed by atoms with Crippen molar-refractivity contribution >= 4 is 5.82 Å². The van der Waals surface area contributed by atoms with Gasteiger partial charge < -0.3 is 20.1 Å². The summed E-state index contributed by atoms with van der Waals surface area (Å²) >= 11 is 0.